The molecule has 0 fully saturated rings. The van der Waals surface area contributed by atoms with Crippen LogP contribution >= 0.6 is 0 Å². The molecule has 0 aliphatic rings. The first kappa shape index (κ1) is 13.1. The number of aromatic nitrogens is 2. The number of hydrogen-bond donors (Lipinski definition) is 1. The summed E-state index contributed by atoms with van der Waals surface area (Å²) in [5.74, 6) is 1.06. The summed E-state index contributed by atoms with van der Waals surface area (Å²) in [7, 11) is 1.73. The fraction of sp³-hybridized carbons (Fsp3) is 0.286. The SMILES string of the molecule is Cc1nn(C)c(Oc2ccccc2CCO)c1C#N. The van der Waals surface area contributed by atoms with Crippen molar-refractivity contribution in [2.75, 3.05) is 6.61 Å². The molecule has 1 aromatic heterocycles. The molecule has 0 unspecified atom stereocenters. The number of rotatable bonds is 4. The minimum absolute atomic E-state index is 0.0515. The minimum Gasteiger partial charge on any atom is -0.438 e. The summed E-state index contributed by atoms with van der Waals surface area (Å²) >= 11 is 0. The highest BCUT2D eigenvalue weighted by molar-refractivity contribution is 5.45. The summed E-state index contributed by atoms with van der Waals surface area (Å²) in [4.78, 5) is 0. The number of benzene rings is 1. The van der Waals surface area contributed by atoms with E-state index in [0.717, 1.165) is 5.56 Å². The van der Waals surface area contributed by atoms with E-state index in [1.165, 1.54) is 0 Å². The standard InChI is InChI=1S/C14H15N3O2/c1-10-12(9-15)14(17(2)16-10)19-13-6-4-3-5-11(13)7-8-18/h3-6,18H,7-8H2,1-2H3. The number of aryl methyl sites for hydroxylation is 2. The molecule has 0 saturated heterocycles. The van der Waals surface area contributed by atoms with E-state index >= 15 is 0 Å². The summed E-state index contributed by atoms with van der Waals surface area (Å²) < 4.78 is 7.35. The molecule has 0 saturated carbocycles. The maximum atomic E-state index is 9.14. The van der Waals surface area contributed by atoms with E-state index in [9.17, 15) is 0 Å². The summed E-state index contributed by atoms with van der Waals surface area (Å²) in [5.41, 5.74) is 1.97. The van der Waals surface area contributed by atoms with Crippen molar-refractivity contribution in [2.24, 2.45) is 7.05 Å². The van der Waals surface area contributed by atoms with Gasteiger partial charge in [-0.1, -0.05) is 18.2 Å². The van der Waals surface area contributed by atoms with Crippen LogP contribution in [0.4, 0.5) is 0 Å². The summed E-state index contributed by atoms with van der Waals surface area (Å²) in [6, 6.07) is 9.54. The molecular formula is C14H15N3O2. The van der Waals surface area contributed by atoms with Gasteiger partial charge in [0.2, 0.25) is 5.88 Å². The van der Waals surface area contributed by atoms with Gasteiger partial charge in [0.1, 0.15) is 17.4 Å². The van der Waals surface area contributed by atoms with E-state index < -0.39 is 0 Å². The van der Waals surface area contributed by atoms with Crippen LogP contribution in [-0.4, -0.2) is 21.5 Å². The number of aliphatic hydroxyl groups is 1. The molecule has 1 heterocycles. The Bertz CT molecular complexity index is 626. The van der Waals surface area contributed by atoms with Crippen LogP contribution < -0.4 is 4.74 Å². The highest BCUT2D eigenvalue weighted by Gasteiger charge is 2.16. The average molecular weight is 257 g/mol. The van der Waals surface area contributed by atoms with E-state index in [4.69, 9.17) is 15.1 Å². The zero-order valence-corrected chi connectivity index (χ0v) is 10.9. The zero-order chi connectivity index (χ0) is 13.8. The molecule has 0 spiro atoms. The summed E-state index contributed by atoms with van der Waals surface area (Å²) in [5, 5.41) is 22.4. The molecule has 5 nitrogen and oxygen atoms in total. The average Bonchev–Trinajstić information content (AvgIpc) is 2.66. The second-order valence-corrected chi connectivity index (χ2v) is 4.18. The van der Waals surface area contributed by atoms with Crippen molar-refractivity contribution in [1.29, 1.82) is 5.26 Å². The van der Waals surface area contributed by atoms with Crippen molar-refractivity contribution in [3.05, 3.63) is 41.1 Å². The van der Waals surface area contributed by atoms with Crippen molar-refractivity contribution in [2.45, 2.75) is 13.3 Å². The molecular weight excluding hydrogens is 242 g/mol. The zero-order valence-electron chi connectivity index (χ0n) is 10.9. The van der Waals surface area contributed by atoms with Crippen LogP contribution in [0.15, 0.2) is 24.3 Å². The van der Waals surface area contributed by atoms with Gasteiger partial charge < -0.3 is 9.84 Å². The molecule has 0 amide bonds. The van der Waals surface area contributed by atoms with Gasteiger partial charge in [0.05, 0.1) is 5.69 Å². The first-order valence-electron chi connectivity index (χ1n) is 5.97. The number of nitriles is 1. The largest absolute Gasteiger partial charge is 0.438 e. The highest BCUT2D eigenvalue weighted by atomic mass is 16.5. The third kappa shape index (κ3) is 2.59. The number of ether oxygens (including phenoxy) is 1. The lowest BCUT2D eigenvalue weighted by molar-refractivity contribution is 0.297. The van der Waals surface area contributed by atoms with Gasteiger partial charge >= 0.3 is 0 Å². The van der Waals surface area contributed by atoms with Crippen molar-refractivity contribution < 1.29 is 9.84 Å². The number of para-hydroxylation sites is 1. The van der Waals surface area contributed by atoms with Crippen LogP contribution in [-0.2, 0) is 13.5 Å². The van der Waals surface area contributed by atoms with Gasteiger partial charge in [0, 0.05) is 13.7 Å². The van der Waals surface area contributed by atoms with Crippen LogP contribution in [0, 0.1) is 18.3 Å². The molecule has 0 bridgehead atoms. The normalized spacial score (nSPS) is 10.2. The molecule has 0 aliphatic carbocycles. The van der Waals surface area contributed by atoms with Crippen molar-refractivity contribution in [3.63, 3.8) is 0 Å². The maximum Gasteiger partial charge on any atom is 0.235 e. The van der Waals surface area contributed by atoms with Gasteiger partial charge in [0.15, 0.2) is 0 Å². The Labute approximate surface area is 111 Å². The maximum absolute atomic E-state index is 9.14. The third-order valence-electron chi connectivity index (χ3n) is 2.84. The molecule has 0 atom stereocenters. The lowest BCUT2D eigenvalue weighted by Crippen LogP contribution is -1.99. The molecule has 2 aromatic rings. The topological polar surface area (TPSA) is 71.1 Å². The predicted molar refractivity (Wildman–Crippen MR) is 70.0 cm³/mol. The first-order chi connectivity index (χ1) is 9.17. The van der Waals surface area contributed by atoms with Gasteiger partial charge in [-0.3, -0.25) is 0 Å². The fourth-order valence-corrected chi connectivity index (χ4v) is 1.92. The molecule has 5 heteroatoms. The molecule has 98 valence electrons. The Morgan fingerprint density at radius 2 is 2.16 bits per heavy atom. The lowest BCUT2D eigenvalue weighted by atomic mass is 10.1. The highest BCUT2D eigenvalue weighted by Crippen LogP contribution is 2.29. The van der Waals surface area contributed by atoms with E-state index in [2.05, 4.69) is 11.2 Å². The van der Waals surface area contributed by atoms with E-state index in [-0.39, 0.29) is 6.61 Å². The molecule has 19 heavy (non-hydrogen) atoms. The quantitative estimate of drug-likeness (QED) is 0.908. The minimum atomic E-state index is 0.0515. The van der Waals surface area contributed by atoms with Crippen LogP contribution in [0.1, 0.15) is 16.8 Å². The Morgan fingerprint density at radius 1 is 1.42 bits per heavy atom. The Hall–Kier alpha value is -2.32. The Balaban J connectivity index is 2.39. The van der Waals surface area contributed by atoms with Crippen molar-refractivity contribution >= 4 is 0 Å². The number of nitrogens with zero attached hydrogens (tertiary/aromatic N) is 3. The van der Waals surface area contributed by atoms with Crippen LogP contribution in [0.5, 0.6) is 11.6 Å². The Kier molecular flexibility index (Phi) is 3.83. The fourth-order valence-electron chi connectivity index (χ4n) is 1.92. The summed E-state index contributed by atoms with van der Waals surface area (Å²) in [6.45, 7) is 1.82. The molecule has 0 radical (unpaired) electrons. The second-order valence-electron chi connectivity index (χ2n) is 4.18. The monoisotopic (exact) mass is 257 g/mol. The van der Waals surface area contributed by atoms with Gasteiger partial charge in [-0.2, -0.15) is 10.4 Å². The number of aliphatic hydroxyl groups excluding tert-OH is 1. The predicted octanol–water partition coefficient (Wildman–Crippen LogP) is 1.93. The second kappa shape index (κ2) is 5.55. The Morgan fingerprint density at radius 3 is 2.84 bits per heavy atom. The lowest BCUT2D eigenvalue weighted by Gasteiger charge is -2.10. The molecule has 0 aliphatic heterocycles. The van der Waals surface area contributed by atoms with Gasteiger partial charge in [0.25, 0.3) is 0 Å². The summed E-state index contributed by atoms with van der Waals surface area (Å²) in [6.07, 6.45) is 0.509. The molecule has 2 rings (SSSR count). The molecule has 1 N–H and O–H groups in total. The van der Waals surface area contributed by atoms with Gasteiger partial charge in [-0.05, 0) is 25.0 Å². The van der Waals surface area contributed by atoms with Gasteiger partial charge in [-0.25, -0.2) is 4.68 Å². The molecule has 1 aromatic carbocycles. The smallest absolute Gasteiger partial charge is 0.235 e. The number of hydrogen-bond acceptors (Lipinski definition) is 4. The van der Waals surface area contributed by atoms with Crippen LogP contribution in [0.25, 0.3) is 0 Å². The van der Waals surface area contributed by atoms with E-state index in [1.807, 2.05) is 24.3 Å². The van der Waals surface area contributed by atoms with Gasteiger partial charge in [-0.15, -0.1) is 0 Å². The van der Waals surface area contributed by atoms with Crippen LogP contribution in [0.2, 0.25) is 0 Å². The van der Waals surface area contributed by atoms with Crippen molar-refractivity contribution in [3.8, 4) is 17.7 Å². The van der Waals surface area contributed by atoms with E-state index in [0.29, 0.717) is 29.3 Å². The van der Waals surface area contributed by atoms with Crippen molar-refractivity contribution in [1.82, 2.24) is 9.78 Å². The third-order valence-corrected chi connectivity index (χ3v) is 2.84. The van der Waals surface area contributed by atoms with E-state index in [1.54, 1.807) is 18.7 Å². The first-order valence-corrected chi connectivity index (χ1v) is 5.97. The van der Waals surface area contributed by atoms with Crippen LogP contribution in [0.3, 0.4) is 0 Å².